The summed E-state index contributed by atoms with van der Waals surface area (Å²) in [5.41, 5.74) is 0.823. The molecule has 1 aromatic carbocycles. The van der Waals surface area contributed by atoms with Gasteiger partial charge in [-0.15, -0.1) is 12.4 Å². The van der Waals surface area contributed by atoms with Gasteiger partial charge >= 0.3 is 6.03 Å². The Morgan fingerprint density at radius 1 is 1.17 bits per heavy atom. The van der Waals surface area contributed by atoms with Crippen LogP contribution >= 0.6 is 12.4 Å². The third-order valence-electron chi connectivity index (χ3n) is 5.93. The maximum atomic E-state index is 12.7. The van der Waals surface area contributed by atoms with Gasteiger partial charge in [-0.1, -0.05) is 18.2 Å². The SMILES string of the molecule is COCC1(CNC(=O)C2CCN(C(=O)Nc3ccccc3)CC2)CCNCC1.Cl. The van der Waals surface area contributed by atoms with Crippen LogP contribution in [0.3, 0.4) is 0 Å². The molecule has 0 saturated carbocycles. The molecule has 162 valence electrons. The molecule has 0 unspecified atom stereocenters. The van der Waals surface area contributed by atoms with Crippen LogP contribution in [0, 0.1) is 11.3 Å². The summed E-state index contributed by atoms with van der Waals surface area (Å²) in [7, 11) is 1.72. The summed E-state index contributed by atoms with van der Waals surface area (Å²) in [6.45, 7) is 4.47. The minimum atomic E-state index is -0.0983. The van der Waals surface area contributed by atoms with Crippen LogP contribution in [0.2, 0.25) is 0 Å². The molecule has 2 fully saturated rings. The van der Waals surface area contributed by atoms with E-state index >= 15 is 0 Å². The first-order valence-electron chi connectivity index (χ1n) is 10.2. The molecule has 3 amide bonds. The Hall–Kier alpha value is -1.83. The highest BCUT2D eigenvalue weighted by atomic mass is 35.5. The Balaban J connectivity index is 0.00000300. The van der Waals surface area contributed by atoms with E-state index < -0.39 is 0 Å². The van der Waals surface area contributed by atoms with Crippen molar-refractivity contribution in [1.29, 1.82) is 0 Å². The molecule has 0 spiro atoms. The summed E-state index contributed by atoms with van der Waals surface area (Å²) < 4.78 is 5.42. The molecule has 29 heavy (non-hydrogen) atoms. The van der Waals surface area contributed by atoms with Crippen LogP contribution < -0.4 is 16.0 Å². The zero-order chi connectivity index (χ0) is 19.8. The number of hydrogen-bond acceptors (Lipinski definition) is 4. The van der Waals surface area contributed by atoms with Crippen molar-refractivity contribution in [2.75, 3.05) is 51.8 Å². The van der Waals surface area contributed by atoms with Crippen LogP contribution in [-0.4, -0.2) is 63.3 Å². The standard InChI is InChI=1S/C21H32N4O3.ClH/c1-28-16-21(9-11-22-12-10-21)15-23-19(26)17-7-13-25(14-8-17)20(27)24-18-5-3-2-4-6-18;/h2-6,17,22H,7-16H2,1H3,(H,23,26)(H,24,27);1H. The van der Waals surface area contributed by atoms with Gasteiger partial charge in [0.05, 0.1) is 6.61 Å². The molecule has 0 aromatic heterocycles. The number of halogens is 1. The lowest BCUT2D eigenvalue weighted by molar-refractivity contribution is -0.127. The fraction of sp³-hybridized carbons (Fsp3) is 0.619. The normalized spacial score (nSPS) is 19.1. The van der Waals surface area contributed by atoms with E-state index in [1.807, 2.05) is 30.3 Å². The Bertz CT molecular complexity index is 639. The van der Waals surface area contributed by atoms with Crippen molar-refractivity contribution in [3.63, 3.8) is 0 Å². The van der Waals surface area contributed by atoms with Gasteiger partial charge in [0.1, 0.15) is 0 Å². The lowest BCUT2D eigenvalue weighted by Gasteiger charge is -2.38. The number of hydrogen-bond donors (Lipinski definition) is 3. The Morgan fingerprint density at radius 3 is 2.45 bits per heavy atom. The number of nitrogens with one attached hydrogen (secondary N) is 3. The molecule has 2 aliphatic rings. The molecule has 1 aromatic rings. The number of piperidine rings is 2. The maximum absolute atomic E-state index is 12.7. The van der Waals surface area contributed by atoms with Gasteiger partial charge in [-0.05, 0) is 50.9 Å². The predicted molar refractivity (Wildman–Crippen MR) is 116 cm³/mol. The van der Waals surface area contributed by atoms with Gasteiger partial charge in [0, 0.05) is 43.8 Å². The predicted octanol–water partition coefficient (Wildman–Crippen LogP) is 2.48. The molecule has 8 heteroatoms. The van der Waals surface area contributed by atoms with Crippen LogP contribution in [0.5, 0.6) is 0 Å². The Morgan fingerprint density at radius 2 is 1.83 bits per heavy atom. The number of anilines is 1. The quantitative estimate of drug-likeness (QED) is 0.655. The van der Waals surface area contributed by atoms with Gasteiger partial charge in [-0.25, -0.2) is 4.79 Å². The number of likely N-dealkylation sites (tertiary alicyclic amines) is 1. The summed E-state index contributed by atoms with van der Waals surface area (Å²) in [6.07, 6.45) is 3.43. The van der Waals surface area contributed by atoms with E-state index in [2.05, 4.69) is 16.0 Å². The number of ether oxygens (including phenoxy) is 1. The average Bonchev–Trinajstić information content (AvgIpc) is 2.74. The monoisotopic (exact) mass is 424 g/mol. The number of carbonyl (C=O) groups excluding carboxylic acids is 2. The molecule has 0 atom stereocenters. The smallest absolute Gasteiger partial charge is 0.321 e. The number of methoxy groups -OCH3 is 1. The minimum absolute atomic E-state index is 0. The number of amides is 3. The first kappa shape index (κ1) is 23.4. The molecule has 2 saturated heterocycles. The molecule has 0 aliphatic carbocycles. The maximum Gasteiger partial charge on any atom is 0.321 e. The van der Waals surface area contributed by atoms with Crippen molar-refractivity contribution < 1.29 is 14.3 Å². The van der Waals surface area contributed by atoms with E-state index in [1.54, 1.807) is 12.0 Å². The first-order chi connectivity index (χ1) is 13.6. The van der Waals surface area contributed by atoms with Crippen molar-refractivity contribution in [3.8, 4) is 0 Å². The van der Waals surface area contributed by atoms with Crippen LogP contribution in [0.15, 0.2) is 30.3 Å². The van der Waals surface area contributed by atoms with Crippen molar-refractivity contribution in [1.82, 2.24) is 15.5 Å². The molecule has 2 heterocycles. The molecule has 3 N–H and O–H groups in total. The topological polar surface area (TPSA) is 82.7 Å². The second-order valence-corrected chi connectivity index (χ2v) is 7.96. The van der Waals surface area contributed by atoms with Crippen LogP contribution in [-0.2, 0) is 9.53 Å². The highest BCUT2D eigenvalue weighted by Crippen LogP contribution is 2.28. The molecule has 7 nitrogen and oxygen atoms in total. The summed E-state index contributed by atoms with van der Waals surface area (Å²) in [4.78, 5) is 26.8. The van der Waals surface area contributed by atoms with Gasteiger partial charge in [0.25, 0.3) is 0 Å². The summed E-state index contributed by atoms with van der Waals surface area (Å²) >= 11 is 0. The number of urea groups is 1. The van der Waals surface area contributed by atoms with Crippen LogP contribution in [0.4, 0.5) is 10.5 Å². The highest BCUT2D eigenvalue weighted by molar-refractivity contribution is 5.89. The lowest BCUT2D eigenvalue weighted by atomic mass is 9.79. The van der Waals surface area contributed by atoms with E-state index in [0.717, 1.165) is 31.6 Å². The van der Waals surface area contributed by atoms with Gasteiger partial charge in [0.15, 0.2) is 0 Å². The lowest BCUT2D eigenvalue weighted by Crippen LogP contribution is -2.49. The van der Waals surface area contributed by atoms with E-state index in [9.17, 15) is 9.59 Å². The summed E-state index contributed by atoms with van der Waals surface area (Å²) in [6, 6.07) is 9.35. The first-order valence-corrected chi connectivity index (χ1v) is 10.2. The van der Waals surface area contributed by atoms with Crippen LogP contribution in [0.25, 0.3) is 0 Å². The van der Waals surface area contributed by atoms with Crippen molar-refractivity contribution >= 4 is 30.0 Å². The number of nitrogens with zero attached hydrogens (tertiary/aromatic N) is 1. The fourth-order valence-corrected chi connectivity index (χ4v) is 4.12. The molecule has 0 radical (unpaired) electrons. The summed E-state index contributed by atoms with van der Waals surface area (Å²) in [5.74, 6) is 0.0826. The zero-order valence-electron chi connectivity index (χ0n) is 17.1. The molecular weight excluding hydrogens is 392 g/mol. The summed E-state index contributed by atoms with van der Waals surface area (Å²) in [5, 5.41) is 9.45. The van der Waals surface area contributed by atoms with E-state index in [1.165, 1.54) is 0 Å². The fourth-order valence-electron chi connectivity index (χ4n) is 4.12. The Kier molecular flexibility index (Phi) is 9.20. The van der Waals surface area contributed by atoms with Crippen molar-refractivity contribution in [2.24, 2.45) is 11.3 Å². The second-order valence-electron chi connectivity index (χ2n) is 7.96. The van der Waals surface area contributed by atoms with Gasteiger partial charge in [-0.2, -0.15) is 0 Å². The van der Waals surface area contributed by atoms with E-state index in [4.69, 9.17) is 4.74 Å². The van der Waals surface area contributed by atoms with Crippen LogP contribution in [0.1, 0.15) is 25.7 Å². The molecule has 2 aliphatic heterocycles. The largest absolute Gasteiger partial charge is 0.384 e. The highest BCUT2D eigenvalue weighted by Gasteiger charge is 2.34. The zero-order valence-corrected chi connectivity index (χ0v) is 17.9. The van der Waals surface area contributed by atoms with E-state index in [0.29, 0.717) is 39.1 Å². The third kappa shape index (κ3) is 6.59. The number of para-hydroxylation sites is 1. The van der Waals surface area contributed by atoms with Gasteiger partial charge in [-0.3, -0.25) is 4.79 Å². The van der Waals surface area contributed by atoms with Gasteiger partial charge in [0.2, 0.25) is 5.91 Å². The molecule has 3 rings (SSSR count). The molecule has 0 bridgehead atoms. The van der Waals surface area contributed by atoms with Crippen molar-refractivity contribution in [3.05, 3.63) is 30.3 Å². The second kappa shape index (κ2) is 11.4. The minimum Gasteiger partial charge on any atom is -0.384 e. The molecular formula is C21H33ClN4O3. The average molecular weight is 425 g/mol. The Labute approximate surface area is 179 Å². The van der Waals surface area contributed by atoms with Crippen molar-refractivity contribution in [2.45, 2.75) is 25.7 Å². The number of carbonyl (C=O) groups is 2. The number of benzene rings is 1. The third-order valence-corrected chi connectivity index (χ3v) is 5.93. The van der Waals surface area contributed by atoms with Gasteiger partial charge < -0.3 is 25.6 Å². The number of rotatable bonds is 6. The van der Waals surface area contributed by atoms with E-state index in [-0.39, 0.29) is 35.7 Å².